The predicted octanol–water partition coefficient (Wildman–Crippen LogP) is 0.904. The summed E-state index contributed by atoms with van der Waals surface area (Å²) >= 11 is 0. The molecule has 0 spiro atoms. The Morgan fingerprint density at radius 1 is 1.47 bits per heavy atom. The maximum absolute atomic E-state index is 12.0. The average Bonchev–Trinajstić information content (AvgIpc) is 3.03. The van der Waals surface area contributed by atoms with E-state index in [9.17, 15) is 9.90 Å². The van der Waals surface area contributed by atoms with Crippen molar-refractivity contribution in [2.24, 2.45) is 0 Å². The number of hydrogen-bond acceptors (Lipinski definition) is 4. The topological polar surface area (TPSA) is 104 Å². The van der Waals surface area contributed by atoms with Gasteiger partial charge in [0, 0.05) is 12.5 Å². The van der Waals surface area contributed by atoms with Gasteiger partial charge in [0.15, 0.2) is 5.69 Å². The fourth-order valence-corrected chi connectivity index (χ4v) is 2.76. The van der Waals surface area contributed by atoms with Crippen LogP contribution in [0.25, 0.3) is 0 Å². The van der Waals surface area contributed by atoms with E-state index < -0.39 is 5.60 Å². The van der Waals surface area contributed by atoms with Crippen LogP contribution in [-0.4, -0.2) is 33.4 Å². The monoisotopic (exact) mass is 264 g/mol. The van der Waals surface area contributed by atoms with E-state index in [1.165, 1.54) is 0 Å². The lowest BCUT2D eigenvalue weighted by Crippen LogP contribution is -2.41. The summed E-state index contributed by atoms with van der Waals surface area (Å²) in [5.41, 5.74) is 6.78. The van der Waals surface area contributed by atoms with Crippen LogP contribution in [0.1, 0.15) is 60.6 Å². The van der Waals surface area contributed by atoms with Gasteiger partial charge in [-0.15, -0.1) is 0 Å². The average molecular weight is 264 g/mol. The molecule has 2 saturated carbocycles. The molecule has 0 aromatic carbocycles. The molecule has 0 unspecified atom stereocenters. The molecule has 0 atom stereocenters. The summed E-state index contributed by atoms with van der Waals surface area (Å²) in [5, 5.41) is 19.8. The highest BCUT2D eigenvalue weighted by Gasteiger charge is 2.33. The standard InChI is InChI=1S/C13H20N4O2/c14-9-10(8-3-4-8)16-17-11(9)12(18)15-7-13(19)5-1-2-6-13/h8,19H,1-7,14H2,(H,15,18)(H,16,17). The zero-order valence-electron chi connectivity index (χ0n) is 10.9. The number of aromatic nitrogens is 2. The van der Waals surface area contributed by atoms with Crippen LogP contribution in [0.2, 0.25) is 0 Å². The molecule has 5 N–H and O–H groups in total. The molecular formula is C13H20N4O2. The molecule has 1 amide bonds. The van der Waals surface area contributed by atoms with Gasteiger partial charge in [-0.1, -0.05) is 12.8 Å². The zero-order chi connectivity index (χ0) is 13.5. The van der Waals surface area contributed by atoms with Gasteiger partial charge >= 0.3 is 0 Å². The van der Waals surface area contributed by atoms with Gasteiger partial charge in [0.25, 0.3) is 5.91 Å². The number of nitrogens with one attached hydrogen (secondary N) is 2. The lowest BCUT2D eigenvalue weighted by molar-refractivity contribution is 0.0449. The van der Waals surface area contributed by atoms with Gasteiger partial charge in [-0.05, 0) is 25.7 Å². The Morgan fingerprint density at radius 3 is 2.79 bits per heavy atom. The smallest absolute Gasteiger partial charge is 0.274 e. The molecule has 6 nitrogen and oxygen atoms in total. The number of nitrogen functional groups attached to an aromatic ring is 1. The van der Waals surface area contributed by atoms with Gasteiger partial charge in [0.2, 0.25) is 0 Å². The van der Waals surface area contributed by atoms with E-state index in [1.54, 1.807) is 0 Å². The van der Waals surface area contributed by atoms with Crippen LogP contribution in [-0.2, 0) is 0 Å². The first-order valence-corrected chi connectivity index (χ1v) is 6.93. The third-order valence-corrected chi connectivity index (χ3v) is 4.15. The quantitative estimate of drug-likeness (QED) is 0.648. The second-order valence-corrected chi connectivity index (χ2v) is 5.79. The van der Waals surface area contributed by atoms with Crippen molar-refractivity contribution in [2.45, 2.75) is 50.0 Å². The van der Waals surface area contributed by atoms with Crippen molar-refractivity contribution in [3.05, 3.63) is 11.4 Å². The van der Waals surface area contributed by atoms with E-state index in [-0.39, 0.29) is 18.1 Å². The summed E-state index contributed by atoms with van der Waals surface area (Å²) in [5.74, 6) is 0.133. The fourth-order valence-electron chi connectivity index (χ4n) is 2.76. The number of aliphatic hydroxyl groups is 1. The molecule has 0 bridgehead atoms. The Bertz CT molecular complexity index is 487. The van der Waals surface area contributed by atoms with Crippen molar-refractivity contribution in [3.8, 4) is 0 Å². The number of hydrogen-bond donors (Lipinski definition) is 4. The highest BCUT2D eigenvalue weighted by atomic mass is 16.3. The first-order chi connectivity index (χ1) is 9.09. The number of aromatic amines is 1. The fraction of sp³-hybridized carbons (Fsp3) is 0.692. The molecule has 0 aliphatic heterocycles. The molecule has 19 heavy (non-hydrogen) atoms. The molecule has 2 aliphatic carbocycles. The first kappa shape index (κ1) is 12.5. The van der Waals surface area contributed by atoms with Crippen molar-refractivity contribution < 1.29 is 9.90 Å². The van der Waals surface area contributed by atoms with E-state index >= 15 is 0 Å². The van der Waals surface area contributed by atoms with Gasteiger partial charge in [-0.2, -0.15) is 5.10 Å². The predicted molar refractivity (Wildman–Crippen MR) is 70.7 cm³/mol. The molecule has 1 heterocycles. The summed E-state index contributed by atoms with van der Waals surface area (Å²) in [6.07, 6.45) is 5.74. The zero-order valence-corrected chi connectivity index (χ0v) is 10.9. The largest absolute Gasteiger partial charge is 0.395 e. The SMILES string of the molecule is Nc1c(C(=O)NCC2(O)CCCC2)n[nH]c1C1CC1. The van der Waals surface area contributed by atoms with Gasteiger partial charge in [0.05, 0.1) is 17.0 Å². The third-order valence-electron chi connectivity index (χ3n) is 4.15. The maximum atomic E-state index is 12.0. The van der Waals surface area contributed by atoms with E-state index in [0.717, 1.165) is 44.2 Å². The van der Waals surface area contributed by atoms with E-state index in [4.69, 9.17) is 5.73 Å². The van der Waals surface area contributed by atoms with Gasteiger partial charge < -0.3 is 16.2 Å². The number of nitrogens with zero attached hydrogens (tertiary/aromatic N) is 1. The van der Waals surface area contributed by atoms with Crippen LogP contribution in [0.5, 0.6) is 0 Å². The van der Waals surface area contributed by atoms with E-state index in [0.29, 0.717) is 11.6 Å². The van der Waals surface area contributed by atoms with Crippen LogP contribution in [0, 0.1) is 0 Å². The second kappa shape index (κ2) is 4.52. The van der Waals surface area contributed by atoms with Gasteiger partial charge in [0.1, 0.15) is 0 Å². The van der Waals surface area contributed by atoms with Crippen molar-refractivity contribution >= 4 is 11.6 Å². The molecule has 3 rings (SSSR count). The molecular weight excluding hydrogens is 244 g/mol. The summed E-state index contributed by atoms with van der Waals surface area (Å²) in [7, 11) is 0. The molecule has 104 valence electrons. The number of amides is 1. The number of carbonyl (C=O) groups excluding carboxylic acids is 1. The van der Waals surface area contributed by atoms with Crippen LogP contribution in [0.3, 0.4) is 0 Å². The number of anilines is 1. The molecule has 2 aliphatic rings. The third kappa shape index (κ3) is 2.45. The number of H-pyrrole nitrogens is 1. The van der Waals surface area contributed by atoms with Crippen LogP contribution < -0.4 is 11.1 Å². The number of nitrogens with two attached hydrogens (primary N) is 1. The Balaban J connectivity index is 1.63. The van der Waals surface area contributed by atoms with Crippen molar-refractivity contribution in [1.29, 1.82) is 0 Å². The van der Waals surface area contributed by atoms with Gasteiger partial charge in [-0.25, -0.2) is 0 Å². The second-order valence-electron chi connectivity index (χ2n) is 5.79. The van der Waals surface area contributed by atoms with Crippen LogP contribution in [0.15, 0.2) is 0 Å². The number of carbonyl (C=O) groups is 1. The minimum Gasteiger partial charge on any atom is -0.395 e. The molecule has 1 aromatic heterocycles. The molecule has 2 fully saturated rings. The Morgan fingerprint density at radius 2 is 2.16 bits per heavy atom. The van der Waals surface area contributed by atoms with Crippen LogP contribution in [0.4, 0.5) is 5.69 Å². The summed E-state index contributed by atoms with van der Waals surface area (Å²) < 4.78 is 0. The normalized spacial score (nSPS) is 21.5. The minimum atomic E-state index is -0.750. The molecule has 1 aromatic rings. The number of rotatable bonds is 4. The Kier molecular flexibility index (Phi) is 2.97. The Hall–Kier alpha value is -1.56. The highest BCUT2D eigenvalue weighted by Crippen LogP contribution is 2.42. The lowest BCUT2D eigenvalue weighted by Gasteiger charge is -2.21. The van der Waals surface area contributed by atoms with E-state index in [2.05, 4.69) is 15.5 Å². The van der Waals surface area contributed by atoms with Crippen molar-refractivity contribution in [2.75, 3.05) is 12.3 Å². The van der Waals surface area contributed by atoms with Crippen LogP contribution >= 0.6 is 0 Å². The Labute approximate surface area is 111 Å². The van der Waals surface area contributed by atoms with Gasteiger partial charge in [-0.3, -0.25) is 9.89 Å². The minimum absolute atomic E-state index is 0.253. The highest BCUT2D eigenvalue weighted by molar-refractivity contribution is 5.97. The summed E-state index contributed by atoms with van der Waals surface area (Å²) in [6, 6.07) is 0. The first-order valence-electron chi connectivity index (χ1n) is 6.93. The lowest BCUT2D eigenvalue weighted by atomic mass is 10.0. The molecule has 0 radical (unpaired) electrons. The van der Waals surface area contributed by atoms with E-state index in [1.807, 2.05) is 0 Å². The summed E-state index contributed by atoms with van der Waals surface area (Å²) in [6.45, 7) is 0.275. The molecule has 6 heteroatoms. The molecule has 0 saturated heterocycles. The van der Waals surface area contributed by atoms with Crippen molar-refractivity contribution in [1.82, 2.24) is 15.5 Å². The van der Waals surface area contributed by atoms with Crippen molar-refractivity contribution in [3.63, 3.8) is 0 Å². The maximum Gasteiger partial charge on any atom is 0.274 e. The summed E-state index contributed by atoms with van der Waals surface area (Å²) in [4.78, 5) is 12.0.